The first-order valence-electron chi connectivity index (χ1n) is 5.59. The van der Waals surface area contributed by atoms with Gasteiger partial charge in [0.05, 0.1) is 21.2 Å². The molecule has 0 unspecified atom stereocenters. The van der Waals surface area contributed by atoms with Gasteiger partial charge in [-0.15, -0.1) is 0 Å². The molecule has 0 aromatic heterocycles. The lowest BCUT2D eigenvalue weighted by atomic mass is 10.2. The summed E-state index contributed by atoms with van der Waals surface area (Å²) in [4.78, 5) is 22.1. The number of nitrogens with zero attached hydrogens (tertiary/aromatic N) is 1. The van der Waals surface area contributed by atoms with E-state index in [4.69, 9.17) is 11.6 Å². The summed E-state index contributed by atoms with van der Waals surface area (Å²) in [7, 11) is 0. The Kier molecular flexibility index (Phi) is 4.54. The zero-order valence-corrected chi connectivity index (χ0v) is 12.6. The van der Waals surface area contributed by atoms with Crippen LogP contribution in [-0.2, 0) is 0 Å². The van der Waals surface area contributed by atoms with Gasteiger partial charge in [-0.05, 0) is 34.1 Å². The van der Waals surface area contributed by atoms with Gasteiger partial charge in [-0.3, -0.25) is 14.9 Å². The minimum Gasteiger partial charge on any atom is -0.319 e. The number of hydrogen-bond donors (Lipinski definition) is 1. The Labute approximate surface area is 132 Å². The quantitative estimate of drug-likeness (QED) is 0.640. The summed E-state index contributed by atoms with van der Waals surface area (Å²) in [5.74, 6) is -1.44. The number of non-ortho nitro benzene ring substituents is 1. The molecule has 5 nitrogen and oxygen atoms in total. The molecule has 0 atom stereocenters. The molecule has 1 N–H and O–H groups in total. The first-order valence-corrected chi connectivity index (χ1v) is 6.76. The van der Waals surface area contributed by atoms with Crippen LogP contribution in [0.25, 0.3) is 0 Å². The Morgan fingerprint density at radius 3 is 2.71 bits per heavy atom. The van der Waals surface area contributed by atoms with Crippen molar-refractivity contribution in [3.8, 4) is 0 Å². The van der Waals surface area contributed by atoms with Crippen molar-refractivity contribution in [3.63, 3.8) is 0 Å². The summed E-state index contributed by atoms with van der Waals surface area (Å²) in [6.07, 6.45) is 0. The fourth-order valence-electron chi connectivity index (χ4n) is 1.59. The van der Waals surface area contributed by atoms with Gasteiger partial charge in [-0.2, -0.15) is 0 Å². The fraction of sp³-hybridized carbons (Fsp3) is 0. The number of amides is 1. The lowest BCUT2D eigenvalue weighted by Crippen LogP contribution is -2.14. The Hall–Kier alpha value is -1.99. The molecule has 0 radical (unpaired) electrons. The predicted molar refractivity (Wildman–Crippen MR) is 80.2 cm³/mol. The number of nitrogens with one attached hydrogen (secondary N) is 1. The van der Waals surface area contributed by atoms with Crippen molar-refractivity contribution in [2.45, 2.75) is 0 Å². The molecule has 21 heavy (non-hydrogen) atoms. The highest BCUT2D eigenvalue weighted by Crippen LogP contribution is 2.27. The normalized spacial score (nSPS) is 10.2. The van der Waals surface area contributed by atoms with Gasteiger partial charge < -0.3 is 5.32 Å². The minimum absolute atomic E-state index is 0.122. The maximum atomic E-state index is 13.6. The number of carbonyl (C=O) groups is 1. The molecule has 2 aromatic carbocycles. The van der Waals surface area contributed by atoms with Crippen LogP contribution in [0.1, 0.15) is 10.4 Å². The summed E-state index contributed by atoms with van der Waals surface area (Å²) in [5, 5.41) is 13.1. The SMILES string of the molecule is O=C(Nc1cc([N+](=O)[O-])ccc1F)c1cccc(Br)c1Cl. The first kappa shape index (κ1) is 15.4. The molecule has 0 aliphatic carbocycles. The van der Waals surface area contributed by atoms with E-state index in [9.17, 15) is 19.3 Å². The van der Waals surface area contributed by atoms with Gasteiger partial charge in [-0.25, -0.2) is 4.39 Å². The molecule has 1 amide bonds. The molecule has 0 heterocycles. The van der Waals surface area contributed by atoms with Crippen molar-refractivity contribution in [1.29, 1.82) is 0 Å². The number of benzene rings is 2. The molecule has 2 rings (SSSR count). The van der Waals surface area contributed by atoms with Crippen LogP contribution in [0.15, 0.2) is 40.9 Å². The summed E-state index contributed by atoms with van der Waals surface area (Å²) < 4.78 is 14.1. The van der Waals surface area contributed by atoms with Gasteiger partial charge in [0.25, 0.3) is 11.6 Å². The van der Waals surface area contributed by atoms with Gasteiger partial charge in [0.2, 0.25) is 0 Å². The van der Waals surface area contributed by atoms with Gasteiger partial charge in [0.1, 0.15) is 5.82 Å². The second kappa shape index (κ2) is 6.19. The molecule has 0 spiro atoms. The molecule has 2 aromatic rings. The summed E-state index contributed by atoms with van der Waals surface area (Å²) in [6.45, 7) is 0. The smallest absolute Gasteiger partial charge is 0.271 e. The number of carbonyl (C=O) groups excluding carboxylic acids is 1. The third-order valence-corrected chi connectivity index (χ3v) is 3.90. The monoisotopic (exact) mass is 372 g/mol. The number of anilines is 1. The van der Waals surface area contributed by atoms with E-state index in [0.717, 1.165) is 18.2 Å². The molecular weight excluding hydrogens is 367 g/mol. The molecule has 0 aliphatic rings. The predicted octanol–water partition coefficient (Wildman–Crippen LogP) is 4.40. The van der Waals surface area contributed by atoms with Gasteiger partial charge in [0, 0.05) is 16.6 Å². The lowest BCUT2D eigenvalue weighted by molar-refractivity contribution is -0.384. The van der Waals surface area contributed by atoms with Crippen LogP contribution in [0, 0.1) is 15.9 Å². The molecule has 0 fully saturated rings. The standard InChI is InChI=1S/C13H7BrClFN2O3/c14-9-3-1-2-8(12(9)15)13(19)17-11-6-7(18(20)21)4-5-10(11)16/h1-6H,(H,17,19). The van der Waals surface area contributed by atoms with Gasteiger partial charge in [-0.1, -0.05) is 17.7 Å². The lowest BCUT2D eigenvalue weighted by Gasteiger charge is -2.08. The summed E-state index contributed by atoms with van der Waals surface area (Å²) in [5.41, 5.74) is -0.491. The van der Waals surface area contributed by atoms with Crippen molar-refractivity contribution in [2.75, 3.05) is 5.32 Å². The average molecular weight is 374 g/mol. The van der Waals surface area contributed by atoms with E-state index in [-0.39, 0.29) is 22.0 Å². The number of halogens is 3. The highest BCUT2D eigenvalue weighted by atomic mass is 79.9. The molecule has 0 saturated heterocycles. The maximum absolute atomic E-state index is 13.6. The highest BCUT2D eigenvalue weighted by Gasteiger charge is 2.16. The number of nitro benzene ring substituents is 1. The Bertz CT molecular complexity index is 739. The van der Waals surface area contributed by atoms with E-state index < -0.39 is 16.6 Å². The van der Waals surface area contributed by atoms with Crippen LogP contribution in [0.4, 0.5) is 15.8 Å². The van der Waals surface area contributed by atoms with Crippen molar-refractivity contribution < 1.29 is 14.1 Å². The van der Waals surface area contributed by atoms with E-state index in [0.29, 0.717) is 4.47 Å². The van der Waals surface area contributed by atoms with Crippen molar-refractivity contribution >= 4 is 44.8 Å². The molecule has 108 valence electrons. The number of rotatable bonds is 3. The van der Waals surface area contributed by atoms with Crippen molar-refractivity contribution in [3.05, 3.63) is 67.4 Å². The van der Waals surface area contributed by atoms with Gasteiger partial charge >= 0.3 is 0 Å². The second-order valence-electron chi connectivity index (χ2n) is 3.98. The first-order chi connectivity index (χ1) is 9.90. The minimum atomic E-state index is -0.778. The second-order valence-corrected chi connectivity index (χ2v) is 5.21. The number of nitro groups is 1. The molecular formula is C13H7BrClFN2O3. The van der Waals surface area contributed by atoms with E-state index in [1.54, 1.807) is 12.1 Å². The molecule has 0 bridgehead atoms. The fourth-order valence-corrected chi connectivity index (χ4v) is 2.17. The van der Waals surface area contributed by atoms with Crippen LogP contribution in [0.5, 0.6) is 0 Å². The van der Waals surface area contributed by atoms with Crippen LogP contribution in [0.3, 0.4) is 0 Å². The zero-order valence-electron chi connectivity index (χ0n) is 10.3. The highest BCUT2D eigenvalue weighted by molar-refractivity contribution is 9.10. The van der Waals surface area contributed by atoms with Crippen molar-refractivity contribution in [2.24, 2.45) is 0 Å². The van der Waals surface area contributed by atoms with E-state index in [1.807, 2.05) is 0 Å². The number of hydrogen-bond acceptors (Lipinski definition) is 3. The zero-order chi connectivity index (χ0) is 15.6. The van der Waals surface area contributed by atoms with E-state index in [2.05, 4.69) is 21.2 Å². The Morgan fingerprint density at radius 1 is 1.33 bits per heavy atom. The molecule has 0 aliphatic heterocycles. The maximum Gasteiger partial charge on any atom is 0.271 e. The van der Waals surface area contributed by atoms with E-state index in [1.165, 1.54) is 6.07 Å². The molecule has 0 saturated carbocycles. The Morgan fingerprint density at radius 2 is 2.05 bits per heavy atom. The topological polar surface area (TPSA) is 72.2 Å². The van der Waals surface area contributed by atoms with Crippen LogP contribution < -0.4 is 5.32 Å². The molecule has 8 heteroatoms. The van der Waals surface area contributed by atoms with Crippen LogP contribution >= 0.6 is 27.5 Å². The van der Waals surface area contributed by atoms with Crippen LogP contribution in [-0.4, -0.2) is 10.8 Å². The third kappa shape index (κ3) is 3.37. The van der Waals surface area contributed by atoms with E-state index >= 15 is 0 Å². The van der Waals surface area contributed by atoms with Crippen molar-refractivity contribution in [1.82, 2.24) is 0 Å². The summed E-state index contributed by atoms with van der Waals surface area (Å²) >= 11 is 9.14. The van der Waals surface area contributed by atoms with Gasteiger partial charge in [0.15, 0.2) is 0 Å². The van der Waals surface area contributed by atoms with Crippen LogP contribution in [0.2, 0.25) is 5.02 Å². The summed E-state index contributed by atoms with van der Waals surface area (Å²) in [6, 6.07) is 7.56. The largest absolute Gasteiger partial charge is 0.319 e. The average Bonchev–Trinajstić information content (AvgIpc) is 2.43. The third-order valence-electron chi connectivity index (χ3n) is 2.61. The Balaban J connectivity index is 2.33.